The van der Waals surface area contributed by atoms with Crippen LogP contribution in [0.2, 0.25) is 0 Å². The number of hydrogen-bond donors (Lipinski definition) is 1. The number of benzene rings is 3. The van der Waals surface area contributed by atoms with Crippen molar-refractivity contribution in [3.8, 4) is 16.9 Å². The van der Waals surface area contributed by atoms with E-state index in [1.54, 1.807) is 55.5 Å². The molecule has 7 nitrogen and oxygen atoms in total. The molecule has 1 N–H and O–H groups in total. The van der Waals surface area contributed by atoms with Gasteiger partial charge in [-0.15, -0.1) is 0 Å². The normalized spacial score (nSPS) is 11.9. The number of ether oxygens (including phenoxy) is 2. The molecule has 0 bridgehead atoms. The summed E-state index contributed by atoms with van der Waals surface area (Å²) in [7, 11) is 1.49. The van der Waals surface area contributed by atoms with Gasteiger partial charge in [-0.2, -0.15) is 0 Å². The number of carbonyl (C=O) groups excluding carboxylic acids is 1. The van der Waals surface area contributed by atoms with Gasteiger partial charge in [0.1, 0.15) is 24.5 Å². The van der Waals surface area contributed by atoms with Crippen molar-refractivity contribution >= 4 is 22.8 Å². The Morgan fingerprint density at radius 2 is 1.84 bits per heavy atom. The second-order valence-electron chi connectivity index (χ2n) is 8.53. The first kappa shape index (κ1) is 25.8. The van der Waals surface area contributed by atoms with Gasteiger partial charge in [-0.1, -0.05) is 24.3 Å². The number of amides is 1. The fraction of sp³-hybridized carbons (Fsp3) is 0.214. The Bertz CT molecular complexity index is 1420. The summed E-state index contributed by atoms with van der Waals surface area (Å²) >= 11 is 0. The van der Waals surface area contributed by atoms with E-state index in [1.807, 2.05) is 0 Å². The van der Waals surface area contributed by atoms with Gasteiger partial charge in [0.05, 0.1) is 24.3 Å². The zero-order valence-corrected chi connectivity index (χ0v) is 20.2. The Kier molecular flexibility index (Phi) is 7.83. The third kappa shape index (κ3) is 5.78. The monoisotopic (exact) mass is 509 g/mol. The molecule has 0 fully saturated rings. The summed E-state index contributed by atoms with van der Waals surface area (Å²) in [5.41, 5.74) is 2.35. The molecule has 37 heavy (non-hydrogen) atoms. The second kappa shape index (κ2) is 11.2. The van der Waals surface area contributed by atoms with Crippen molar-refractivity contribution in [2.75, 3.05) is 20.3 Å². The number of carboxylic acids is 1. The number of carboxylic acid groups (broad SMARTS) is 1. The lowest BCUT2D eigenvalue weighted by Crippen LogP contribution is -2.44. The van der Waals surface area contributed by atoms with Crippen LogP contribution in [0.5, 0.6) is 5.75 Å². The van der Waals surface area contributed by atoms with Crippen LogP contribution < -0.4 is 4.74 Å². The summed E-state index contributed by atoms with van der Waals surface area (Å²) in [5, 5.41) is 9.30. The van der Waals surface area contributed by atoms with E-state index in [0.29, 0.717) is 28.0 Å². The fourth-order valence-corrected chi connectivity index (χ4v) is 4.05. The fourth-order valence-electron chi connectivity index (χ4n) is 4.05. The topological polar surface area (TPSA) is 89.2 Å². The molecule has 192 valence electrons. The SMILES string of the molecule is COC[C@H](C)N(CC(=O)O)C(=O)c1cccc(COc2ccc(-c3cc(F)c(F)c4ccoc34)cc2)c1. The number of carbonyl (C=O) groups is 2. The average Bonchev–Trinajstić information content (AvgIpc) is 3.39. The lowest BCUT2D eigenvalue weighted by molar-refractivity contribution is -0.138. The Morgan fingerprint density at radius 3 is 2.54 bits per heavy atom. The van der Waals surface area contributed by atoms with E-state index in [1.165, 1.54) is 24.3 Å². The van der Waals surface area contributed by atoms with Crippen LogP contribution in [0.1, 0.15) is 22.8 Å². The van der Waals surface area contributed by atoms with Crippen LogP contribution in [0.25, 0.3) is 22.1 Å². The smallest absolute Gasteiger partial charge is 0.323 e. The Morgan fingerprint density at radius 1 is 1.08 bits per heavy atom. The minimum absolute atomic E-state index is 0.0725. The highest BCUT2D eigenvalue weighted by molar-refractivity contribution is 5.96. The van der Waals surface area contributed by atoms with Gasteiger partial charge in [0.15, 0.2) is 11.6 Å². The van der Waals surface area contributed by atoms with Crippen molar-refractivity contribution in [3.05, 3.63) is 89.7 Å². The van der Waals surface area contributed by atoms with Crippen LogP contribution in [0.3, 0.4) is 0 Å². The van der Waals surface area contributed by atoms with E-state index in [0.717, 1.165) is 6.07 Å². The largest absolute Gasteiger partial charge is 0.489 e. The molecule has 0 saturated carbocycles. The van der Waals surface area contributed by atoms with E-state index in [-0.39, 0.29) is 24.2 Å². The van der Waals surface area contributed by atoms with Crippen molar-refractivity contribution < 1.29 is 37.4 Å². The van der Waals surface area contributed by atoms with E-state index in [4.69, 9.17) is 13.9 Å². The summed E-state index contributed by atoms with van der Waals surface area (Å²) in [6.07, 6.45) is 1.31. The predicted octanol–water partition coefficient (Wildman–Crippen LogP) is 5.52. The number of halogens is 2. The van der Waals surface area contributed by atoms with Gasteiger partial charge in [0.2, 0.25) is 0 Å². The summed E-state index contributed by atoms with van der Waals surface area (Å²) in [5.74, 6) is -2.92. The number of methoxy groups -OCH3 is 1. The van der Waals surface area contributed by atoms with Crippen molar-refractivity contribution in [2.24, 2.45) is 0 Å². The zero-order valence-electron chi connectivity index (χ0n) is 20.2. The molecular weight excluding hydrogens is 484 g/mol. The molecule has 1 atom stereocenters. The summed E-state index contributed by atoms with van der Waals surface area (Å²) in [6, 6.07) is 15.6. The second-order valence-corrected chi connectivity index (χ2v) is 8.53. The quantitative estimate of drug-likeness (QED) is 0.303. The highest BCUT2D eigenvalue weighted by atomic mass is 19.2. The first-order valence-corrected chi connectivity index (χ1v) is 11.5. The van der Waals surface area contributed by atoms with Gasteiger partial charge < -0.3 is 23.9 Å². The first-order chi connectivity index (χ1) is 17.8. The van der Waals surface area contributed by atoms with Crippen molar-refractivity contribution in [1.29, 1.82) is 0 Å². The number of hydrogen-bond acceptors (Lipinski definition) is 5. The van der Waals surface area contributed by atoms with Gasteiger partial charge in [0.25, 0.3) is 5.91 Å². The minimum Gasteiger partial charge on any atom is -0.489 e. The summed E-state index contributed by atoms with van der Waals surface area (Å²) in [6.45, 7) is 1.63. The number of furan rings is 1. The molecule has 9 heteroatoms. The molecule has 4 aromatic rings. The summed E-state index contributed by atoms with van der Waals surface area (Å²) in [4.78, 5) is 25.6. The van der Waals surface area contributed by atoms with Gasteiger partial charge >= 0.3 is 5.97 Å². The van der Waals surface area contributed by atoms with Gasteiger partial charge in [-0.25, -0.2) is 8.78 Å². The third-order valence-corrected chi connectivity index (χ3v) is 5.88. The highest BCUT2D eigenvalue weighted by Gasteiger charge is 2.24. The van der Waals surface area contributed by atoms with Crippen molar-refractivity contribution in [3.63, 3.8) is 0 Å². The highest BCUT2D eigenvalue weighted by Crippen LogP contribution is 2.33. The van der Waals surface area contributed by atoms with Crippen LogP contribution in [-0.4, -0.2) is 48.2 Å². The molecule has 0 unspecified atom stereocenters. The molecule has 1 aromatic heterocycles. The van der Waals surface area contributed by atoms with Crippen LogP contribution in [-0.2, 0) is 16.1 Å². The standard InChI is InChI=1S/C28H25F2NO6/c1-17(15-35-2)31(14-25(32)33)28(34)20-5-3-4-18(12-20)16-37-21-8-6-19(7-9-21)23-13-24(29)26(30)22-10-11-36-27(22)23/h3-13,17H,14-16H2,1-2H3,(H,32,33)/t17-/m0/s1. The van der Waals surface area contributed by atoms with Gasteiger partial charge in [0, 0.05) is 18.2 Å². The lowest BCUT2D eigenvalue weighted by Gasteiger charge is -2.27. The number of aliphatic carboxylic acids is 1. The molecule has 1 amide bonds. The minimum atomic E-state index is -1.12. The van der Waals surface area contributed by atoms with E-state index in [2.05, 4.69) is 0 Å². The maximum atomic E-state index is 14.0. The summed E-state index contributed by atoms with van der Waals surface area (Å²) < 4.78 is 44.3. The van der Waals surface area contributed by atoms with Crippen LogP contribution in [0.4, 0.5) is 8.78 Å². The molecule has 1 heterocycles. The number of fused-ring (bicyclic) bond motifs is 1. The third-order valence-electron chi connectivity index (χ3n) is 5.88. The molecular formula is C28H25F2NO6. The Balaban J connectivity index is 1.47. The van der Waals surface area contributed by atoms with Crippen molar-refractivity contribution in [1.82, 2.24) is 4.90 Å². The first-order valence-electron chi connectivity index (χ1n) is 11.5. The number of nitrogens with zero attached hydrogens (tertiary/aromatic N) is 1. The maximum Gasteiger partial charge on any atom is 0.323 e. The molecule has 3 aromatic carbocycles. The molecule has 0 spiro atoms. The van der Waals surface area contributed by atoms with Crippen LogP contribution >= 0.6 is 0 Å². The Hall–Kier alpha value is -4.24. The number of rotatable bonds is 10. The molecule has 0 aliphatic heterocycles. The molecule has 0 aliphatic carbocycles. The van der Waals surface area contributed by atoms with E-state index in [9.17, 15) is 23.5 Å². The zero-order chi connectivity index (χ0) is 26.5. The molecule has 0 saturated heterocycles. The molecule has 4 rings (SSSR count). The molecule has 0 radical (unpaired) electrons. The van der Waals surface area contributed by atoms with E-state index >= 15 is 0 Å². The van der Waals surface area contributed by atoms with Crippen molar-refractivity contribution in [2.45, 2.75) is 19.6 Å². The van der Waals surface area contributed by atoms with Gasteiger partial charge in [-0.3, -0.25) is 9.59 Å². The van der Waals surface area contributed by atoms with E-state index < -0.39 is 36.1 Å². The maximum absolute atomic E-state index is 14.0. The predicted molar refractivity (Wildman–Crippen MR) is 132 cm³/mol. The lowest BCUT2D eigenvalue weighted by atomic mass is 10.0. The Labute approximate surface area is 211 Å². The van der Waals surface area contributed by atoms with Crippen LogP contribution in [0, 0.1) is 11.6 Å². The van der Waals surface area contributed by atoms with Gasteiger partial charge in [-0.05, 0) is 54.4 Å². The average molecular weight is 510 g/mol. The van der Waals surface area contributed by atoms with Crippen LogP contribution in [0.15, 0.2) is 71.3 Å². The molecule has 0 aliphatic rings.